The van der Waals surface area contributed by atoms with Crippen molar-refractivity contribution in [1.29, 1.82) is 0 Å². The first-order valence-electron chi connectivity index (χ1n) is 4.33. The lowest BCUT2D eigenvalue weighted by molar-refractivity contribution is -0.306. The number of alkyl halides is 3. The molecule has 1 N–H and O–H groups in total. The number of carbonyl (C=O) groups excluding carboxylic acids is 1. The molecule has 0 radical (unpaired) electrons. The lowest BCUT2D eigenvalue weighted by atomic mass is 10.1. The van der Waals surface area contributed by atoms with Crippen molar-refractivity contribution in [3.8, 4) is 0 Å². The quantitative estimate of drug-likeness (QED) is 0.736. The molecule has 0 bridgehead atoms. The maximum Gasteiger partial charge on any atom is 0.572 e. The van der Waals surface area contributed by atoms with E-state index in [-0.39, 0.29) is 18.7 Å². The predicted molar refractivity (Wildman–Crippen MR) is 46.6 cm³/mol. The molecular weight excluding hydrogens is 211 g/mol. The Morgan fingerprint density at radius 3 is 2.87 bits per heavy atom. The molecule has 0 aromatic heterocycles. The van der Waals surface area contributed by atoms with E-state index in [4.69, 9.17) is 0 Å². The number of allylic oxidation sites excluding steroid dienone is 2. The first kappa shape index (κ1) is 11.6. The van der Waals surface area contributed by atoms with Crippen LogP contribution < -0.4 is 5.32 Å². The molecule has 84 valence electrons. The molecule has 3 nitrogen and oxygen atoms in total. The third-order valence-electron chi connectivity index (χ3n) is 1.78. The highest BCUT2D eigenvalue weighted by atomic mass is 19.4. The zero-order chi connectivity index (χ0) is 11.3. The van der Waals surface area contributed by atoms with Crippen LogP contribution in [0.5, 0.6) is 0 Å². The van der Waals surface area contributed by atoms with Gasteiger partial charge in [0.2, 0.25) is 6.41 Å². The molecule has 0 unspecified atom stereocenters. The van der Waals surface area contributed by atoms with Crippen molar-refractivity contribution in [1.82, 2.24) is 5.32 Å². The van der Waals surface area contributed by atoms with Gasteiger partial charge < -0.3 is 10.1 Å². The number of ether oxygens (including phenoxy) is 1. The van der Waals surface area contributed by atoms with Crippen LogP contribution in [0, 0.1) is 0 Å². The van der Waals surface area contributed by atoms with Crippen LogP contribution >= 0.6 is 0 Å². The van der Waals surface area contributed by atoms with Crippen LogP contribution in [0.1, 0.15) is 12.8 Å². The van der Waals surface area contributed by atoms with Crippen LogP contribution in [-0.2, 0) is 9.53 Å². The van der Waals surface area contributed by atoms with Crippen molar-refractivity contribution in [2.24, 2.45) is 0 Å². The van der Waals surface area contributed by atoms with Gasteiger partial charge in [0.1, 0.15) is 5.76 Å². The fourth-order valence-corrected chi connectivity index (χ4v) is 1.25. The fraction of sp³-hybridized carbons (Fsp3) is 0.444. The van der Waals surface area contributed by atoms with Gasteiger partial charge in [0.15, 0.2) is 0 Å². The lowest BCUT2D eigenvalue weighted by Gasteiger charge is -2.16. The zero-order valence-electron chi connectivity index (χ0n) is 7.80. The van der Waals surface area contributed by atoms with E-state index in [1.807, 2.05) is 0 Å². The first-order chi connectivity index (χ1) is 7.01. The molecule has 0 heterocycles. The Morgan fingerprint density at radius 2 is 2.27 bits per heavy atom. The smallest absolute Gasteiger partial charge is 0.410 e. The first-order valence-corrected chi connectivity index (χ1v) is 4.33. The van der Waals surface area contributed by atoms with E-state index in [0.717, 1.165) is 0 Å². The molecule has 15 heavy (non-hydrogen) atoms. The van der Waals surface area contributed by atoms with Crippen molar-refractivity contribution in [2.45, 2.75) is 19.2 Å². The third-order valence-corrected chi connectivity index (χ3v) is 1.78. The third kappa shape index (κ3) is 4.53. The van der Waals surface area contributed by atoms with E-state index in [1.54, 1.807) is 6.08 Å². The topological polar surface area (TPSA) is 38.3 Å². The number of halogens is 3. The van der Waals surface area contributed by atoms with Crippen LogP contribution in [0.4, 0.5) is 13.2 Å². The van der Waals surface area contributed by atoms with Gasteiger partial charge in [0.25, 0.3) is 0 Å². The van der Waals surface area contributed by atoms with Gasteiger partial charge >= 0.3 is 6.36 Å². The summed E-state index contributed by atoms with van der Waals surface area (Å²) in [5.74, 6) is -0.118. The normalized spacial score (nSPS) is 16.5. The summed E-state index contributed by atoms with van der Waals surface area (Å²) in [5, 5.41) is 2.37. The van der Waals surface area contributed by atoms with Crippen molar-refractivity contribution in [2.75, 3.05) is 6.54 Å². The van der Waals surface area contributed by atoms with Gasteiger partial charge in [-0.2, -0.15) is 0 Å². The van der Waals surface area contributed by atoms with Gasteiger partial charge in [-0.15, -0.1) is 13.2 Å². The number of hydrogen-bond acceptors (Lipinski definition) is 2. The molecule has 1 rings (SSSR count). The summed E-state index contributed by atoms with van der Waals surface area (Å²) in [4.78, 5) is 9.99. The molecule has 0 atom stereocenters. The Hall–Kier alpha value is -1.46. The maximum absolute atomic E-state index is 11.9. The second-order valence-electron chi connectivity index (χ2n) is 2.97. The second kappa shape index (κ2) is 4.86. The van der Waals surface area contributed by atoms with Crippen molar-refractivity contribution in [3.63, 3.8) is 0 Å². The Kier molecular flexibility index (Phi) is 3.76. The van der Waals surface area contributed by atoms with Crippen LogP contribution in [0.2, 0.25) is 0 Å². The molecule has 0 aromatic carbocycles. The Labute approximate surface area is 84.6 Å². The van der Waals surface area contributed by atoms with E-state index in [1.165, 1.54) is 6.08 Å². The standard InChI is InChI=1S/C9H10F3NO2/c10-9(11,12)15-8-3-1-2-7(4-8)5-13-6-14/h2,4,6H,1,3,5H2,(H,13,14). The van der Waals surface area contributed by atoms with Gasteiger partial charge in [0.05, 0.1) is 0 Å². The van der Waals surface area contributed by atoms with Crippen LogP contribution in [0.15, 0.2) is 23.5 Å². The van der Waals surface area contributed by atoms with Gasteiger partial charge in [-0.3, -0.25) is 4.79 Å². The molecule has 1 aliphatic rings. The highest BCUT2D eigenvalue weighted by molar-refractivity contribution is 5.47. The van der Waals surface area contributed by atoms with Gasteiger partial charge in [-0.05, 0) is 18.1 Å². The van der Waals surface area contributed by atoms with Crippen molar-refractivity contribution in [3.05, 3.63) is 23.5 Å². The van der Waals surface area contributed by atoms with E-state index < -0.39 is 6.36 Å². The summed E-state index contributed by atoms with van der Waals surface area (Å²) in [5.41, 5.74) is 0.618. The van der Waals surface area contributed by atoms with Gasteiger partial charge in [-0.1, -0.05) is 6.08 Å². The van der Waals surface area contributed by atoms with E-state index in [2.05, 4.69) is 10.1 Å². The highest BCUT2D eigenvalue weighted by Crippen LogP contribution is 2.26. The predicted octanol–water partition coefficient (Wildman–Crippen LogP) is 1.87. The van der Waals surface area contributed by atoms with E-state index in [0.29, 0.717) is 18.4 Å². The lowest BCUT2D eigenvalue weighted by Crippen LogP contribution is -2.17. The van der Waals surface area contributed by atoms with Crippen LogP contribution in [0.3, 0.4) is 0 Å². The summed E-state index contributed by atoms with van der Waals surface area (Å²) < 4.78 is 39.4. The molecule has 0 aliphatic heterocycles. The Morgan fingerprint density at radius 1 is 1.53 bits per heavy atom. The molecule has 0 aromatic rings. The minimum absolute atomic E-state index is 0.118. The summed E-state index contributed by atoms with van der Waals surface area (Å²) in [7, 11) is 0. The molecular formula is C9H10F3NO2. The van der Waals surface area contributed by atoms with Crippen LogP contribution in [0.25, 0.3) is 0 Å². The zero-order valence-corrected chi connectivity index (χ0v) is 7.80. The number of rotatable bonds is 4. The highest BCUT2D eigenvalue weighted by Gasteiger charge is 2.32. The number of carbonyl (C=O) groups is 1. The number of amides is 1. The molecule has 6 heteroatoms. The SMILES string of the molecule is O=CNCC1=CCCC(OC(F)(F)F)=C1. The summed E-state index contributed by atoms with van der Waals surface area (Å²) in [6.07, 6.45) is -0.380. The molecule has 0 spiro atoms. The number of hydrogen-bond donors (Lipinski definition) is 1. The average Bonchev–Trinajstić information content (AvgIpc) is 2.12. The maximum atomic E-state index is 11.9. The molecule has 1 amide bonds. The summed E-state index contributed by atoms with van der Waals surface area (Å²) >= 11 is 0. The minimum atomic E-state index is -4.65. The van der Waals surface area contributed by atoms with Crippen LogP contribution in [-0.4, -0.2) is 19.3 Å². The molecule has 1 aliphatic carbocycles. The molecule has 0 saturated carbocycles. The molecule has 0 fully saturated rings. The summed E-state index contributed by atoms with van der Waals surface area (Å²) in [6, 6.07) is 0. The average molecular weight is 221 g/mol. The monoisotopic (exact) mass is 221 g/mol. The second-order valence-corrected chi connectivity index (χ2v) is 2.97. The fourth-order valence-electron chi connectivity index (χ4n) is 1.25. The number of nitrogens with one attached hydrogen (secondary N) is 1. The van der Waals surface area contributed by atoms with Crippen molar-refractivity contribution >= 4 is 6.41 Å². The summed E-state index contributed by atoms with van der Waals surface area (Å²) in [6.45, 7) is 0.216. The molecule has 0 saturated heterocycles. The van der Waals surface area contributed by atoms with E-state index in [9.17, 15) is 18.0 Å². The van der Waals surface area contributed by atoms with Gasteiger partial charge in [-0.25, -0.2) is 0 Å². The largest absolute Gasteiger partial charge is 0.572 e. The Bertz CT molecular complexity index is 294. The van der Waals surface area contributed by atoms with E-state index >= 15 is 0 Å². The Balaban J connectivity index is 2.56. The minimum Gasteiger partial charge on any atom is -0.410 e. The van der Waals surface area contributed by atoms with Crippen molar-refractivity contribution < 1.29 is 22.7 Å². The van der Waals surface area contributed by atoms with Gasteiger partial charge in [0, 0.05) is 13.0 Å².